The highest BCUT2D eigenvalue weighted by atomic mass is 16.3. The van der Waals surface area contributed by atoms with Gasteiger partial charge in [0.05, 0.1) is 12.8 Å². The van der Waals surface area contributed by atoms with Crippen LogP contribution in [0.4, 0.5) is 0 Å². The van der Waals surface area contributed by atoms with E-state index >= 15 is 0 Å². The first-order valence-corrected chi connectivity index (χ1v) is 7.57. The van der Waals surface area contributed by atoms with Gasteiger partial charge in [-0.3, -0.25) is 4.90 Å². The molecule has 1 N–H and O–H groups in total. The van der Waals surface area contributed by atoms with Crippen LogP contribution in [0.2, 0.25) is 0 Å². The Morgan fingerprint density at radius 1 is 1.37 bits per heavy atom. The average Bonchev–Trinajstić information content (AvgIpc) is 2.79. The maximum Gasteiger partial charge on any atom is 0.122 e. The fraction of sp³-hybridized carbons (Fsp3) is 0.750. The van der Waals surface area contributed by atoms with Crippen molar-refractivity contribution in [3.05, 3.63) is 23.7 Å². The van der Waals surface area contributed by atoms with E-state index in [0.717, 1.165) is 30.7 Å². The summed E-state index contributed by atoms with van der Waals surface area (Å²) in [4.78, 5) is 2.56. The molecule has 0 aromatic carbocycles. The third-order valence-electron chi connectivity index (χ3n) is 4.32. The molecule has 0 bridgehead atoms. The molecule has 2 atom stereocenters. The molecule has 0 amide bonds. The minimum absolute atomic E-state index is 0.494. The molecule has 1 aliphatic heterocycles. The molecule has 2 unspecified atom stereocenters. The van der Waals surface area contributed by atoms with Crippen molar-refractivity contribution < 1.29 is 4.42 Å². The Morgan fingerprint density at radius 2 is 2.16 bits per heavy atom. The van der Waals surface area contributed by atoms with Crippen LogP contribution in [0, 0.1) is 11.8 Å². The van der Waals surface area contributed by atoms with Crippen LogP contribution in [0.15, 0.2) is 16.7 Å². The van der Waals surface area contributed by atoms with E-state index in [1.807, 2.05) is 6.26 Å². The van der Waals surface area contributed by atoms with Crippen molar-refractivity contribution in [1.82, 2.24) is 10.2 Å². The molecule has 1 saturated heterocycles. The van der Waals surface area contributed by atoms with E-state index in [9.17, 15) is 0 Å². The predicted molar refractivity (Wildman–Crippen MR) is 78.9 cm³/mol. The van der Waals surface area contributed by atoms with Crippen molar-refractivity contribution in [2.45, 2.75) is 53.2 Å². The van der Waals surface area contributed by atoms with Crippen molar-refractivity contribution in [2.24, 2.45) is 11.8 Å². The third-order valence-corrected chi connectivity index (χ3v) is 4.32. The Bertz CT molecular complexity index is 386. The zero-order valence-corrected chi connectivity index (χ0v) is 12.8. The Labute approximate surface area is 117 Å². The van der Waals surface area contributed by atoms with E-state index in [1.54, 1.807) is 0 Å². The molecule has 0 aliphatic carbocycles. The zero-order chi connectivity index (χ0) is 13.8. The molecular formula is C16H28N2O. The van der Waals surface area contributed by atoms with E-state index in [2.05, 4.69) is 44.0 Å². The molecule has 0 radical (unpaired) electrons. The maximum absolute atomic E-state index is 5.62. The summed E-state index contributed by atoms with van der Waals surface area (Å²) in [6.45, 7) is 13.4. The average molecular weight is 264 g/mol. The van der Waals surface area contributed by atoms with Gasteiger partial charge in [-0.25, -0.2) is 0 Å². The monoisotopic (exact) mass is 264 g/mol. The summed E-state index contributed by atoms with van der Waals surface area (Å²) >= 11 is 0. The fourth-order valence-electron chi connectivity index (χ4n) is 2.69. The van der Waals surface area contributed by atoms with Crippen LogP contribution in [-0.4, -0.2) is 24.0 Å². The number of likely N-dealkylation sites (tertiary alicyclic amines) is 1. The van der Waals surface area contributed by atoms with Crippen LogP contribution in [0.5, 0.6) is 0 Å². The minimum atomic E-state index is 0.494. The van der Waals surface area contributed by atoms with Crippen molar-refractivity contribution in [3.8, 4) is 0 Å². The number of nitrogens with zero attached hydrogens (tertiary/aromatic N) is 1. The van der Waals surface area contributed by atoms with Gasteiger partial charge in [0.15, 0.2) is 0 Å². The Morgan fingerprint density at radius 3 is 2.84 bits per heavy atom. The lowest BCUT2D eigenvalue weighted by Gasteiger charge is -2.35. The maximum atomic E-state index is 5.62. The summed E-state index contributed by atoms with van der Waals surface area (Å²) < 4.78 is 5.62. The van der Waals surface area contributed by atoms with Crippen molar-refractivity contribution >= 4 is 0 Å². The molecule has 108 valence electrons. The second-order valence-corrected chi connectivity index (χ2v) is 6.38. The Hall–Kier alpha value is -0.800. The van der Waals surface area contributed by atoms with Gasteiger partial charge in [0, 0.05) is 24.7 Å². The summed E-state index contributed by atoms with van der Waals surface area (Å²) in [5, 5.41) is 3.43. The molecule has 2 rings (SSSR count). The smallest absolute Gasteiger partial charge is 0.122 e. The number of piperidine rings is 1. The molecular weight excluding hydrogens is 236 g/mol. The van der Waals surface area contributed by atoms with Gasteiger partial charge >= 0.3 is 0 Å². The molecule has 0 spiro atoms. The van der Waals surface area contributed by atoms with Gasteiger partial charge < -0.3 is 9.73 Å². The third kappa shape index (κ3) is 4.08. The van der Waals surface area contributed by atoms with Gasteiger partial charge in [-0.05, 0) is 30.9 Å². The molecule has 3 nitrogen and oxygen atoms in total. The number of hydrogen-bond donors (Lipinski definition) is 1. The second-order valence-electron chi connectivity index (χ2n) is 6.38. The van der Waals surface area contributed by atoms with Crippen molar-refractivity contribution in [2.75, 3.05) is 13.1 Å². The van der Waals surface area contributed by atoms with E-state index in [1.165, 1.54) is 25.1 Å². The number of rotatable bonds is 5. The zero-order valence-electron chi connectivity index (χ0n) is 12.8. The van der Waals surface area contributed by atoms with Crippen LogP contribution >= 0.6 is 0 Å². The SMILES string of the molecule is CC(C)NCc1occc1CN1CCC(C)C(C)C1. The summed E-state index contributed by atoms with van der Waals surface area (Å²) in [6.07, 6.45) is 3.14. The minimum Gasteiger partial charge on any atom is -0.468 e. The van der Waals surface area contributed by atoms with Gasteiger partial charge in [-0.15, -0.1) is 0 Å². The van der Waals surface area contributed by atoms with Crippen LogP contribution in [-0.2, 0) is 13.1 Å². The highest BCUT2D eigenvalue weighted by Crippen LogP contribution is 2.24. The summed E-state index contributed by atoms with van der Waals surface area (Å²) in [5.41, 5.74) is 1.34. The number of nitrogens with one attached hydrogen (secondary N) is 1. The molecule has 1 aliphatic rings. The lowest BCUT2D eigenvalue weighted by Crippen LogP contribution is -2.38. The normalized spacial score (nSPS) is 25.1. The largest absolute Gasteiger partial charge is 0.468 e. The quantitative estimate of drug-likeness (QED) is 0.885. The Balaban J connectivity index is 1.90. The first-order valence-electron chi connectivity index (χ1n) is 7.57. The molecule has 19 heavy (non-hydrogen) atoms. The van der Waals surface area contributed by atoms with E-state index in [4.69, 9.17) is 4.42 Å². The summed E-state index contributed by atoms with van der Waals surface area (Å²) in [7, 11) is 0. The van der Waals surface area contributed by atoms with Gasteiger partial charge in [-0.2, -0.15) is 0 Å². The molecule has 1 fully saturated rings. The van der Waals surface area contributed by atoms with E-state index < -0.39 is 0 Å². The van der Waals surface area contributed by atoms with Crippen molar-refractivity contribution in [3.63, 3.8) is 0 Å². The van der Waals surface area contributed by atoms with Crippen LogP contribution in [0.1, 0.15) is 45.4 Å². The van der Waals surface area contributed by atoms with Gasteiger partial charge in [-0.1, -0.05) is 27.7 Å². The molecule has 1 aromatic rings. The standard InChI is InChI=1S/C16H28N2O/c1-12(2)17-9-16-15(6-8-19-16)11-18-7-5-13(3)14(4)10-18/h6,8,12-14,17H,5,7,9-11H2,1-4H3. The second kappa shape index (κ2) is 6.58. The Kier molecular flexibility index (Phi) is 5.06. The summed E-state index contributed by atoms with van der Waals surface area (Å²) in [6, 6.07) is 2.62. The van der Waals surface area contributed by atoms with Gasteiger partial charge in [0.2, 0.25) is 0 Å². The number of hydrogen-bond acceptors (Lipinski definition) is 3. The number of furan rings is 1. The molecule has 3 heteroatoms. The highest BCUT2D eigenvalue weighted by molar-refractivity contribution is 5.17. The lowest BCUT2D eigenvalue weighted by atomic mass is 9.88. The first kappa shape index (κ1) is 14.6. The molecule has 0 saturated carbocycles. The van der Waals surface area contributed by atoms with E-state index in [0.29, 0.717) is 6.04 Å². The fourth-order valence-corrected chi connectivity index (χ4v) is 2.69. The van der Waals surface area contributed by atoms with Crippen LogP contribution < -0.4 is 5.32 Å². The van der Waals surface area contributed by atoms with Crippen molar-refractivity contribution in [1.29, 1.82) is 0 Å². The van der Waals surface area contributed by atoms with Gasteiger partial charge in [0.25, 0.3) is 0 Å². The predicted octanol–water partition coefficient (Wildman–Crippen LogP) is 3.26. The lowest BCUT2D eigenvalue weighted by molar-refractivity contribution is 0.131. The topological polar surface area (TPSA) is 28.4 Å². The van der Waals surface area contributed by atoms with E-state index in [-0.39, 0.29) is 0 Å². The highest BCUT2D eigenvalue weighted by Gasteiger charge is 2.23. The molecule has 2 heterocycles. The van der Waals surface area contributed by atoms with Gasteiger partial charge in [0.1, 0.15) is 5.76 Å². The summed E-state index contributed by atoms with van der Waals surface area (Å²) in [5.74, 6) is 2.76. The first-order chi connectivity index (χ1) is 9.06. The molecule has 1 aromatic heterocycles. The van der Waals surface area contributed by atoms with Crippen LogP contribution in [0.3, 0.4) is 0 Å². The van der Waals surface area contributed by atoms with Crippen LogP contribution in [0.25, 0.3) is 0 Å².